The van der Waals surface area contributed by atoms with E-state index < -0.39 is 4.92 Å². The Hall–Kier alpha value is -2.97. The maximum absolute atomic E-state index is 10.8. The molecule has 0 atom stereocenters. The molecule has 30 heavy (non-hydrogen) atoms. The van der Waals surface area contributed by atoms with Crippen molar-refractivity contribution in [1.82, 2.24) is 9.97 Å². The van der Waals surface area contributed by atoms with Gasteiger partial charge in [-0.3, -0.25) is 10.1 Å². The SMILES string of the molecule is CCc1ccc(-c2c[nH]c(CCCNc3ccc([N+](=O)[O-])c(N)n3)c2N)cc1.Cl.Cl. The number of anilines is 3. The number of hydrogen-bond donors (Lipinski definition) is 4. The topological polar surface area (TPSA) is 136 Å². The highest BCUT2D eigenvalue weighted by Crippen LogP contribution is 2.29. The van der Waals surface area contributed by atoms with Crippen molar-refractivity contribution >= 4 is 47.8 Å². The van der Waals surface area contributed by atoms with Crippen LogP contribution < -0.4 is 16.8 Å². The van der Waals surface area contributed by atoms with Crippen molar-refractivity contribution in [2.45, 2.75) is 26.2 Å². The predicted molar refractivity (Wildman–Crippen MR) is 127 cm³/mol. The van der Waals surface area contributed by atoms with Crippen LogP contribution in [0, 0.1) is 10.1 Å². The second-order valence-electron chi connectivity index (χ2n) is 6.53. The Morgan fingerprint density at radius 2 is 1.83 bits per heavy atom. The number of aryl methyl sites for hydroxylation is 2. The maximum Gasteiger partial charge on any atom is 0.311 e. The fourth-order valence-corrected chi connectivity index (χ4v) is 3.05. The fourth-order valence-electron chi connectivity index (χ4n) is 3.05. The van der Waals surface area contributed by atoms with Crippen molar-refractivity contribution in [1.29, 1.82) is 0 Å². The molecule has 0 saturated heterocycles. The van der Waals surface area contributed by atoms with Crippen molar-refractivity contribution in [2.75, 3.05) is 23.3 Å². The van der Waals surface area contributed by atoms with E-state index in [0.29, 0.717) is 12.4 Å². The normalized spacial score (nSPS) is 10.0. The second kappa shape index (κ2) is 11.3. The van der Waals surface area contributed by atoms with Gasteiger partial charge in [-0.2, -0.15) is 0 Å². The zero-order chi connectivity index (χ0) is 20.1. The first-order chi connectivity index (χ1) is 13.5. The summed E-state index contributed by atoms with van der Waals surface area (Å²) in [5, 5.41) is 13.9. The van der Waals surface area contributed by atoms with Gasteiger partial charge in [0.2, 0.25) is 5.82 Å². The van der Waals surface area contributed by atoms with Crippen LogP contribution in [0.5, 0.6) is 0 Å². The summed E-state index contributed by atoms with van der Waals surface area (Å²) in [6.45, 7) is 2.77. The lowest BCUT2D eigenvalue weighted by atomic mass is 10.0. The molecule has 0 spiro atoms. The first-order valence-electron chi connectivity index (χ1n) is 9.19. The second-order valence-corrected chi connectivity index (χ2v) is 6.53. The number of benzene rings is 1. The maximum atomic E-state index is 10.8. The molecular formula is C20H26Cl2N6O2. The van der Waals surface area contributed by atoms with Crippen molar-refractivity contribution in [3.8, 4) is 11.1 Å². The third kappa shape index (κ3) is 5.77. The van der Waals surface area contributed by atoms with E-state index in [1.807, 2.05) is 6.20 Å². The van der Waals surface area contributed by atoms with E-state index in [1.54, 1.807) is 6.07 Å². The molecule has 0 amide bonds. The van der Waals surface area contributed by atoms with Gasteiger partial charge in [0.15, 0.2) is 0 Å². The number of pyridine rings is 1. The quantitative estimate of drug-likeness (QED) is 0.224. The summed E-state index contributed by atoms with van der Waals surface area (Å²) in [6, 6.07) is 11.3. The standard InChI is InChI=1S/C20H24N6O2.2ClH/c1-2-13-5-7-14(8-6-13)15-12-24-16(19(15)21)4-3-11-23-18-10-9-17(26(27)28)20(22)25-18;;/h5-10,12,24H,2-4,11,21H2,1H3,(H3,22,23,25);2*1H. The van der Waals surface area contributed by atoms with Crippen LogP contribution in [0.15, 0.2) is 42.6 Å². The lowest BCUT2D eigenvalue weighted by Gasteiger charge is -2.07. The number of nitro groups is 1. The Bertz CT molecular complexity index is 976. The van der Waals surface area contributed by atoms with Gasteiger partial charge in [-0.15, -0.1) is 24.8 Å². The van der Waals surface area contributed by atoms with Gasteiger partial charge in [0.25, 0.3) is 0 Å². The molecule has 0 saturated carbocycles. The zero-order valence-corrected chi connectivity index (χ0v) is 18.2. The van der Waals surface area contributed by atoms with Crippen molar-refractivity contribution in [3.05, 3.63) is 64.0 Å². The van der Waals surface area contributed by atoms with Gasteiger partial charge in [0, 0.05) is 30.1 Å². The number of nitrogen functional groups attached to an aromatic ring is 2. The molecule has 10 heteroatoms. The summed E-state index contributed by atoms with van der Waals surface area (Å²) < 4.78 is 0. The summed E-state index contributed by atoms with van der Waals surface area (Å²) in [5.74, 6) is 0.418. The number of nitrogens with two attached hydrogens (primary N) is 2. The summed E-state index contributed by atoms with van der Waals surface area (Å²) in [4.78, 5) is 17.5. The lowest BCUT2D eigenvalue weighted by Crippen LogP contribution is -2.07. The average molecular weight is 453 g/mol. The molecule has 3 rings (SSSR count). The monoisotopic (exact) mass is 452 g/mol. The molecule has 1 aromatic carbocycles. The molecule has 8 nitrogen and oxygen atoms in total. The Morgan fingerprint density at radius 1 is 1.13 bits per heavy atom. The Morgan fingerprint density at radius 3 is 2.43 bits per heavy atom. The van der Waals surface area contributed by atoms with E-state index in [1.165, 1.54) is 11.6 Å². The van der Waals surface area contributed by atoms with Crippen LogP contribution in [0.2, 0.25) is 0 Å². The lowest BCUT2D eigenvalue weighted by molar-refractivity contribution is -0.384. The molecule has 0 aliphatic carbocycles. The van der Waals surface area contributed by atoms with Gasteiger partial charge >= 0.3 is 5.69 Å². The predicted octanol–water partition coefficient (Wildman–Crippen LogP) is 4.60. The Labute approximate surface area is 187 Å². The fraction of sp³-hybridized carbons (Fsp3) is 0.250. The van der Waals surface area contributed by atoms with E-state index in [4.69, 9.17) is 11.5 Å². The van der Waals surface area contributed by atoms with E-state index in [0.717, 1.165) is 41.8 Å². The molecule has 0 radical (unpaired) electrons. The van der Waals surface area contributed by atoms with Crippen LogP contribution in [0.4, 0.5) is 23.0 Å². The Kier molecular flexibility index (Phi) is 9.42. The number of aromatic nitrogens is 2. The van der Waals surface area contributed by atoms with Crippen LogP contribution in [0.3, 0.4) is 0 Å². The molecule has 0 aliphatic rings. The van der Waals surface area contributed by atoms with Gasteiger partial charge in [-0.1, -0.05) is 31.2 Å². The number of H-pyrrole nitrogens is 1. The third-order valence-electron chi connectivity index (χ3n) is 4.69. The number of rotatable bonds is 8. The van der Waals surface area contributed by atoms with Crippen LogP contribution in [0.25, 0.3) is 11.1 Å². The van der Waals surface area contributed by atoms with Crippen molar-refractivity contribution < 1.29 is 4.92 Å². The van der Waals surface area contributed by atoms with E-state index in [9.17, 15) is 10.1 Å². The minimum Gasteiger partial charge on any atom is -0.397 e. The first-order valence-corrected chi connectivity index (χ1v) is 9.19. The minimum absolute atomic E-state index is 0. The third-order valence-corrected chi connectivity index (χ3v) is 4.69. The number of nitrogens with one attached hydrogen (secondary N) is 2. The molecule has 6 N–H and O–H groups in total. The van der Waals surface area contributed by atoms with Crippen molar-refractivity contribution in [2.24, 2.45) is 0 Å². The molecule has 0 aliphatic heterocycles. The van der Waals surface area contributed by atoms with E-state index in [2.05, 4.69) is 46.5 Å². The van der Waals surface area contributed by atoms with Crippen LogP contribution >= 0.6 is 24.8 Å². The largest absolute Gasteiger partial charge is 0.397 e. The van der Waals surface area contributed by atoms with Crippen molar-refractivity contribution in [3.63, 3.8) is 0 Å². The van der Waals surface area contributed by atoms with Gasteiger partial charge in [-0.05, 0) is 36.5 Å². The van der Waals surface area contributed by atoms with E-state index >= 15 is 0 Å². The summed E-state index contributed by atoms with van der Waals surface area (Å²) in [5.41, 5.74) is 16.9. The molecule has 162 valence electrons. The van der Waals surface area contributed by atoms with Gasteiger partial charge < -0.3 is 21.8 Å². The summed E-state index contributed by atoms with van der Waals surface area (Å²) >= 11 is 0. The Balaban J connectivity index is 0.00000225. The van der Waals surface area contributed by atoms with Gasteiger partial charge in [0.1, 0.15) is 5.82 Å². The molecule has 0 unspecified atom stereocenters. The number of nitrogens with zero attached hydrogens (tertiary/aromatic N) is 2. The van der Waals surface area contributed by atoms with Crippen LogP contribution in [-0.2, 0) is 12.8 Å². The average Bonchev–Trinajstić information content (AvgIpc) is 3.05. The number of aromatic amines is 1. The summed E-state index contributed by atoms with van der Waals surface area (Å²) in [6.07, 6.45) is 4.54. The molecular weight excluding hydrogens is 427 g/mol. The van der Waals surface area contributed by atoms with Gasteiger partial charge in [0.05, 0.1) is 10.6 Å². The molecule has 3 aromatic rings. The van der Waals surface area contributed by atoms with Gasteiger partial charge in [-0.25, -0.2) is 4.98 Å². The number of halogens is 2. The first kappa shape index (κ1) is 25.1. The van der Waals surface area contributed by atoms with Crippen LogP contribution in [0.1, 0.15) is 24.6 Å². The highest BCUT2D eigenvalue weighted by molar-refractivity contribution is 5.85. The summed E-state index contributed by atoms with van der Waals surface area (Å²) in [7, 11) is 0. The highest BCUT2D eigenvalue weighted by atomic mass is 35.5. The van der Waals surface area contributed by atoms with Crippen LogP contribution in [-0.4, -0.2) is 21.4 Å². The molecule has 2 heterocycles. The smallest absolute Gasteiger partial charge is 0.311 e. The number of hydrogen-bond acceptors (Lipinski definition) is 6. The molecule has 0 bridgehead atoms. The highest BCUT2D eigenvalue weighted by Gasteiger charge is 2.13. The van der Waals surface area contributed by atoms with E-state index in [-0.39, 0.29) is 36.3 Å². The molecule has 0 fully saturated rings. The zero-order valence-electron chi connectivity index (χ0n) is 16.6. The molecule has 2 aromatic heterocycles. The minimum atomic E-state index is -0.548.